The predicted octanol–water partition coefficient (Wildman–Crippen LogP) is 3.27. The number of anilines is 1. The molecule has 1 saturated heterocycles. The minimum Gasteiger partial charge on any atom is -0.496 e. The van der Waals surface area contributed by atoms with Crippen LogP contribution in [0.1, 0.15) is 30.9 Å². The van der Waals surface area contributed by atoms with Crippen molar-refractivity contribution >= 4 is 12.2 Å². The first kappa shape index (κ1) is 25.2. The van der Waals surface area contributed by atoms with Gasteiger partial charge in [-0.2, -0.15) is 0 Å². The standard InChI is InChI=1S/C24H33FN6O3/c1-4-19-20(23(25)22(33-3)9-21(19)32-2)15-34-18-13-29-24(30-14-18)31-17(10-26)12-28-11-16-5-7-27-8-6-16/h9-10,12-14,16,26-28H,4-8,11,15H2,1-3H3,(H,29,30,31)/b17-12+,26-10?. The normalized spacial score (nSPS) is 14.4. The van der Waals surface area contributed by atoms with Crippen LogP contribution in [-0.2, 0) is 13.0 Å². The molecule has 0 unspecified atom stereocenters. The van der Waals surface area contributed by atoms with Crippen molar-refractivity contribution in [3.8, 4) is 17.2 Å². The van der Waals surface area contributed by atoms with Gasteiger partial charge in [0, 0.05) is 36.2 Å². The fraction of sp³-hybridized carbons (Fsp3) is 0.458. The first-order valence-electron chi connectivity index (χ1n) is 11.4. The van der Waals surface area contributed by atoms with Gasteiger partial charge in [-0.1, -0.05) is 6.92 Å². The average molecular weight is 473 g/mol. The maximum atomic E-state index is 14.9. The number of aromatic nitrogens is 2. The minimum atomic E-state index is -0.475. The van der Waals surface area contributed by atoms with Crippen molar-refractivity contribution in [2.45, 2.75) is 32.8 Å². The van der Waals surface area contributed by atoms with Gasteiger partial charge in [0.05, 0.1) is 32.3 Å². The largest absolute Gasteiger partial charge is 0.496 e. The van der Waals surface area contributed by atoms with Crippen molar-refractivity contribution in [1.29, 1.82) is 5.41 Å². The number of nitrogens with one attached hydrogen (secondary N) is 4. The van der Waals surface area contributed by atoms with Crippen molar-refractivity contribution in [3.05, 3.63) is 47.3 Å². The third-order valence-corrected chi connectivity index (χ3v) is 5.74. The van der Waals surface area contributed by atoms with E-state index in [1.165, 1.54) is 38.9 Å². The molecule has 10 heteroatoms. The molecule has 4 N–H and O–H groups in total. The van der Waals surface area contributed by atoms with E-state index in [1.54, 1.807) is 6.20 Å². The molecule has 0 saturated carbocycles. The van der Waals surface area contributed by atoms with Crippen LogP contribution in [0.3, 0.4) is 0 Å². The number of hydrogen-bond donors (Lipinski definition) is 4. The van der Waals surface area contributed by atoms with Gasteiger partial charge in [0.1, 0.15) is 12.4 Å². The van der Waals surface area contributed by atoms with Gasteiger partial charge in [-0.05, 0) is 38.3 Å². The van der Waals surface area contributed by atoms with Gasteiger partial charge in [-0.25, -0.2) is 14.4 Å². The fourth-order valence-corrected chi connectivity index (χ4v) is 3.84. The number of halogens is 1. The average Bonchev–Trinajstić information content (AvgIpc) is 2.88. The molecule has 1 aromatic carbocycles. The van der Waals surface area contributed by atoms with Gasteiger partial charge in [0.25, 0.3) is 0 Å². The van der Waals surface area contributed by atoms with Crippen LogP contribution in [0.15, 0.2) is 30.4 Å². The second-order valence-corrected chi connectivity index (χ2v) is 7.91. The summed E-state index contributed by atoms with van der Waals surface area (Å²) in [6, 6.07) is 1.54. The molecule has 0 amide bonds. The zero-order valence-corrected chi connectivity index (χ0v) is 19.9. The molecule has 0 bridgehead atoms. The van der Waals surface area contributed by atoms with Crippen LogP contribution in [0, 0.1) is 17.1 Å². The Hall–Kier alpha value is -3.40. The summed E-state index contributed by atoms with van der Waals surface area (Å²) in [7, 11) is 2.95. The van der Waals surface area contributed by atoms with Crippen molar-refractivity contribution in [2.24, 2.45) is 5.92 Å². The molecular formula is C24H33FN6O3. The number of methoxy groups -OCH3 is 2. The zero-order valence-electron chi connectivity index (χ0n) is 19.9. The van der Waals surface area contributed by atoms with E-state index < -0.39 is 5.82 Å². The summed E-state index contributed by atoms with van der Waals surface area (Å²) in [5, 5.41) is 17.2. The monoisotopic (exact) mass is 472 g/mol. The van der Waals surface area contributed by atoms with Crippen LogP contribution in [0.2, 0.25) is 0 Å². The predicted molar refractivity (Wildman–Crippen MR) is 129 cm³/mol. The fourth-order valence-electron chi connectivity index (χ4n) is 3.84. The first-order valence-corrected chi connectivity index (χ1v) is 11.4. The lowest BCUT2D eigenvalue weighted by atomic mass is 9.98. The number of piperidine rings is 1. The number of nitrogens with zero attached hydrogens (tertiary/aromatic N) is 2. The molecule has 0 atom stereocenters. The molecule has 34 heavy (non-hydrogen) atoms. The van der Waals surface area contributed by atoms with Gasteiger partial charge >= 0.3 is 0 Å². The summed E-state index contributed by atoms with van der Waals surface area (Å²) >= 11 is 0. The maximum absolute atomic E-state index is 14.9. The second kappa shape index (κ2) is 12.7. The molecule has 2 heterocycles. The Balaban J connectivity index is 1.60. The zero-order chi connectivity index (χ0) is 24.3. The highest BCUT2D eigenvalue weighted by molar-refractivity contribution is 5.79. The number of allylic oxidation sites excluding steroid dienone is 1. The smallest absolute Gasteiger partial charge is 0.227 e. The van der Waals surface area contributed by atoms with Crippen LogP contribution in [0.25, 0.3) is 0 Å². The Morgan fingerprint density at radius 3 is 2.50 bits per heavy atom. The topological polar surface area (TPSA) is 113 Å². The Bertz CT molecular complexity index is 978. The highest BCUT2D eigenvalue weighted by atomic mass is 19.1. The summed E-state index contributed by atoms with van der Waals surface area (Å²) < 4.78 is 31.1. The molecule has 1 aliphatic heterocycles. The van der Waals surface area contributed by atoms with Crippen molar-refractivity contribution in [3.63, 3.8) is 0 Å². The Morgan fingerprint density at radius 2 is 1.88 bits per heavy atom. The van der Waals surface area contributed by atoms with Gasteiger partial charge < -0.3 is 35.6 Å². The lowest BCUT2D eigenvalue weighted by molar-refractivity contribution is 0.289. The van der Waals surface area contributed by atoms with E-state index >= 15 is 0 Å². The highest BCUT2D eigenvalue weighted by Gasteiger charge is 2.19. The number of ether oxygens (including phenoxy) is 3. The molecule has 9 nitrogen and oxygen atoms in total. The van der Waals surface area contributed by atoms with Crippen molar-refractivity contribution in [1.82, 2.24) is 20.6 Å². The van der Waals surface area contributed by atoms with E-state index in [-0.39, 0.29) is 12.4 Å². The van der Waals surface area contributed by atoms with E-state index in [9.17, 15) is 4.39 Å². The quantitative estimate of drug-likeness (QED) is 0.348. The number of benzene rings is 1. The van der Waals surface area contributed by atoms with Crippen LogP contribution in [-0.4, -0.2) is 50.0 Å². The molecular weight excluding hydrogens is 439 g/mol. The summed E-state index contributed by atoms with van der Waals surface area (Å²) in [6.07, 6.45) is 8.82. The maximum Gasteiger partial charge on any atom is 0.227 e. The highest BCUT2D eigenvalue weighted by Crippen LogP contribution is 2.33. The van der Waals surface area contributed by atoms with E-state index in [0.717, 1.165) is 38.0 Å². The molecule has 0 aliphatic carbocycles. The van der Waals surface area contributed by atoms with Gasteiger partial charge in [0.2, 0.25) is 5.95 Å². The van der Waals surface area contributed by atoms with Gasteiger partial charge in [-0.3, -0.25) is 0 Å². The minimum absolute atomic E-state index is 0.0229. The van der Waals surface area contributed by atoms with Crippen LogP contribution in [0.4, 0.5) is 10.3 Å². The number of hydrogen-bond acceptors (Lipinski definition) is 9. The van der Waals surface area contributed by atoms with Crippen LogP contribution < -0.4 is 30.2 Å². The lowest BCUT2D eigenvalue weighted by Gasteiger charge is -2.22. The summed E-state index contributed by atoms with van der Waals surface area (Å²) in [4.78, 5) is 8.48. The molecule has 2 aromatic rings. The molecule has 1 aliphatic rings. The molecule has 0 spiro atoms. The van der Waals surface area contributed by atoms with Gasteiger partial charge in [0.15, 0.2) is 17.3 Å². The van der Waals surface area contributed by atoms with E-state index in [0.29, 0.717) is 41.0 Å². The van der Waals surface area contributed by atoms with E-state index in [4.69, 9.17) is 19.6 Å². The molecule has 0 radical (unpaired) electrons. The van der Waals surface area contributed by atoms with Crippen LogP contribution in [0.5, 0.6) is 17.2 Å². The second-order valence-electron chi connectivity index (χ2n) is 7.91. The molecule has 3 rings (SSSR count). The lowest BCUT2D eigenvalue weighted by Crippen LogP contribution is -2.32. The number of rotatable bonds is 12. The summed E-state index contributed by atoms with van der Waals surface area (Å²) in [5.74, 6) is 1.52. The SMILES string of the molecule is CCc1c(OC)cc(OC)c(F)c1COc1cnc(N/C(C=N)=C/NCC2CCNCC2)nc1. The van der Waals surface area contributed by atoms with E-state index in [2.05, 4.69) is 25.9 Å². The van der Waals surface area contributed by atoms with Crippen molar-refractivity contribution < 1.29 is 18.6 Å². The Labute approximate surface area is 199 Å². The summed E-state index contributed by atoms with van der Waals surface area (Å²) in [5.41, 5.74) is 1.63. The first-order chi connectivity index (χ1) is 16.6. The molecule has 1 fully saturated rings. The van der Waals surface area contributed by atoms with Crippen LogP contribution >= 0.6 is 0 Å². The third-order valence-electron chi connectivity index (χ3n) is 5.74. The molecule has 184 valence electrons. The molecule has 1 aromatic heterocycles. The van der Waals surface area contributed by atoms with Gasteiger partial charge in [-0.15, -0.1) is 0 Å². The summed E-state index contributed by atoms with van der Waals surface area (Å²) in [6.45, 7) is 4.86. The Morgan fingerprint density at radius 1 is 1.18 bits per heavy atom. The van der Waals surface area contributed by atoms with E-state index in [1.807, 2.05) is 6.92 Å². The van der Waals surface area contributed by atoms with Crippen molar-refractivity contribution in [2.75, 3.05) is 39.2 Å². The Kier molecular flexibility index (Phi) is 9.45. The third kappa shape index (κ3) is 6.57.